The van der Waals surface area contributed by atoms with Crippen molar-refractivity contribution in [2.24, 2.45) is 0 Å². The Balaban J connectivity index is 2.41. The first-order chi connectivity index (χ1) is 8.15. The molecule has 1 N–H and O–H groups in total. The quantitative estimate of drug-likeness (QED) is 0.732. The molecule has 0 bridgehead atoms. The Hall–Kier alpha value is -0.0400. The molecule has 0 aromatic carbocycles. The van der Waals surface area contributed by atoms with Crippen LogP contribution in [-0.4, -0.2) is 26.2 Å². The minimum absolute atomic E-state index is 0.151. The summed E-state index contributed by atoms with van der Waals surface area (Å²) in [4.78, 5) is 0. The van der Waals surface area contributed by atoms with Gasteiger partial charge in [-0.3, -0.25) is 0 Å². The molecule has 1 heterocycles. The molecule has 0 spiro atoms. The highest BCUT2D eigenvalue weighted by atomic mass is 79.9. The number of hydrogen-bond acceptors (Lipinski definition) is 3. The highest BCUT2D eigenvalue weighted by molar-refractivity contribution is 9.10. The van der Waals surface area contributed by atoms with E-state index in [-0.39, 0.29) is 6.04 Å². The maximum Gasteiger partial charge on any atom is 0.261 e. The summed E-state index contributed by atoms with van der Waals surface area (Å²) in [5, 5.41) is 7.40. The Morgan fingerprint density at radius 2 is 2.24 bits per heavy atom. The first-order valence-electron chi connectivity index (χ1n) is 5.46. The van der Waals surface area contributed by atoms with E-state index in [0.717, 1.165) is 16.6 Å². The van der Waals surface area contributed by atoms with Gasteiger partial charge in [0.2, 0.25) is 0 Å². The van der Waals surface area contributed by atoms with E-state index in [4.69, 9.17) is 4.74 Å². The van der Waals surface area contributed by atoms with E-state index in [1.807, 2.05) is 12.3 Å². The van der Waals surface area contributed by atoms with Crippen LogP contribution in [0.5, 0.6) is 0 Å². The molecule has 1 unspecified atom stereocenters. The van der Waals surface area contributed by atoms with Crippen molar-refractivity contribution in [2.45, 2.75) is 25.8 Å². The summed E-state index contributed by atoms with van der Waals surface area (Å²) in [5.41, 5.74) is 1.16. The van der Waals surface area contributed by atoms with E-state index in [2.05, 4.69) is 26.6 Å². The largest absolute Gasteiger partial charge is 0.375 e. The molecule has 98 valence electrons. The van der Waals surface area contributed by atoms with Gasteiger partial charge in [0.05, 0.1) is 0 Å². The maximum absolute atomic E-state index is 11.9. The molecule has 2 nitrogen and oxygen atoms in total. The van der Waals surface area contributed by atoms with E-state index < -0.39 is 13.0 Å². The Kier molecular flexibility index (Phi) is 7.18. The molecule has 0 aliphatic heterocycles. The summed E-state index contributed by atoms with van der Waals surface area (Å²) in [6.07, 6.45) is -1.70. The van der Waals surface area contributed by atoms with Crippen molar-refractivity contribution >= 4 is 27.3 Å². The Morgan fingerprint density at radius 3 is 2.76 bits per heavy atom. The minimum Gasteiger partial charge on any atom is -0.375 e. The smallest absolute Gasteiger partial charge is 0.261 e. The number of thiophene rings is 1. The van der Waals surface area contributed by atoms with Gasteiger partial charge in [0.15, 0.2) is 0 Å². The van der Waals surface area contributed by atoms with Crippen molar-refractivity contribution in [3.63, 3.8) is 0 Å². The summed E-state index contributed by atoms with van der Waals surface area (Å²) >= 11 is 5.10. The Labute approximate surface area is 112 Å². The van der Waals surface area contributed by atoms with Gasteiger partial charge in [0, 0.05) is 22.5 Å². The van der Waals surface area contributed by atoms with Crippen molar-refractivity contribution in [2.75, 3.05) is 19.8 Å². The summed E-state index contributed by atoms with van der Waals surface area (Å²) in [5.74, 6) is 0. The molecule has 0 aliphatic carbocycles. The highest BCUT2D eigenvalue weighted by Crippen LogP contribution is 2.29. The predicted molar refractivity (Wildman–Crippen MR) is 69.9 cm³/mol. The lowest BCUT2D eigenvalue weighted by molar-refractivity contribution is 0.0144. The topological polar surface area (TPSA) is 21.3 Å². The second kappa shape index (κ2) is 8.13. The summed E-state index contributed by atoms with van der Waals surface area (Å²) in [6.45, 7) is 2.71. The number of ether oxygens (including phenoxy) is 1. The number of nitrogens with one attached hydrogen (secondary N) is 1. The van der Waals surface area contributed by atoms with Crippen LogP contribution in [0.4, 0.5) is 8.78 Å². The number of rotatable bonds is 8. The first-order valence-corrected chi connectivity index (χ1v) is 7.19. The van der Waals surface area contributed by atoms with Crippen LogP contribution in [-0.2, 0) is 4.74 Å². The van der Waals surface area contributed by atoms with Gasteiger partial charge < -0.3 is 10.1 Å². The monoisotopic (exact) mass is 327 g/mol. The fraction of sp³-hybridized carbons (Fsp3) is 0.636. The van der Waals surface area contributed by atoms with E-state index in [1.165, 1.54) is 0 Å². The zero-order valence-electron chi connectivity index (χ0n) is 9.59. The van der Waals surface area contributed by atoms with Gasteiger partial charge in [-0.25, -0.2) is 8.78 Å². The second-order valence-corrected chi connectivity index (χ2v) is 5.14. The second-order valence-electron chi connectivity index (χ2n) is 3.54. The van der Waals surface area contributed by atoms with Crippen LogP contribution < -0.4 is 5.32 Å². The van der Waals surface area contributed by atoms with E-state index in [1.54, 1.807) is 11.3 Å². The zero-order chi connectivity index (χ0) is 12.7. The highest BCUT2D eigenvalue weighted by Gasteiger charge is 2.14. The molecule has 1 aromatic heterocycles. The third-order valence-electron chi connectivity index (χ3n) is 2.26. The lowest BCUT2D eigenvalue weighted by atomic mass is 10.1. The number of halogens is 3. The van der Waals surface area contributed by atoms with Gasteiger partial charge in [-0.1, -0.05) is 6.92 Å². The number of alkyl halides is 2. The van der Waals surface area contributed by atoms with Crippen molar-refractivity contribution in [3.05, 3.63) is 20.8 Å². The van der Waals surface area contributed by atoms with Crippen molar-refractivity contribution in [1.29, 1.82) is 0 Å². The Morgan fingerprint density at radius 1 is 1.47 bits per heavy atom. The zero-order valence-corrected chi connectivity index (χ0v) is 12.0. The molecule has 1 rings (SSSR count). The molecule has 0 saturated heterocycles. The summed E-state index contributed by atoms with van der Waals surface area (Å²) in [7, 11) is 0. The standard InChI is InChI=1S/C11H16BrF2NOS/c1-2-15-10(3-4-16-5-11(13)14)8-6-17-7-9(8)12/h6-7,10-11,15H,2-5H2,1H3. The summed E-state index contributed by atoms with van der Waals surface area (Å²) < 4.78 is 29.8. The fourth-order valence-electron chi connectivity index (χ4n) is 1.53. The maximum atomic E-state index is 11.9. The van der Waals surface area contributed by atoms with Crippen LogP contribution in [0.2, 0.25) is 0 Å². The molecule has 0 aliphatic rings. The van der Waals surface area contributed by atoms with Gasteiger partial charge in [-0.15, -0.1) is 0 Å². The lowest BCUT2D eigenvalue weighted by Crippen LogP contribution is -2.22. The minimum atomic E-state index is -2.39. The molecule has 17 heavy (non-hydrogen) atoms. The third-order valence-corrected chi connectivity index (χ3v) is 4.01. The van der Waals surface area contributed by atoms with Gasteiger partial charge in [-0.2, -0.15) is 11.3 Å². The molecular formula is C11H16BrF2NOS. The predicted octanol–water partition coefficient (Wildman–Crippen LogP) is 3.83. The molecular weight excluding hydrogens is 312 g/mol. The lowest BCUT2D eigenvalue weighted by Gasteiger charge is -2.17. The van der Waals surface area contributed by atoms with Gasteiger partial charge in [0.25, 0.3) is 6.43 Å². The van der Waals surface area contributed by atoms with Crippen molar-refractivity contribution < 1.29 is 13.5 Å². The molecule has 0 radical (unpaired) electrons. The van der Waals surface area contributed by atoms with Crippen molar-refractivity contribution in [3.8, 4) is 0 Å². The van der Waals surface area contributed by atoms with Crippen LogP contribution in [0.3, 0.4) is 0 Å². The first kappa shape index (κ1) is 15.0. The molecule has 1 atom stereocenters. The average molecular weight is 328 g/mol. The van der Waals surface area contributed by atoms with Crippen LogP contribution in [0.15, 0.2) is 15.2 Å². The molecule has 0 fully saturated rings. The van der Waals surface area contributed by atoms with Crippen LogP contribution in [0.1, 0.15) is 24.9 Å². The fourth-order valence-corrected chi connectivity index (χ4v) is 3.15. The van der Waals surface area contributed by atoms with Crippen LogP contribution in [0, 0.1) is 0 Å². The van der Waals surface area contributed by atoms with Crippen molar-refractivity contribution in [1.82, 2.24) is 5.32 Å². The molecule has 0 saturated carbocycles. The molecule has 0 amide bonds. The van der Waals surface area contributed by atoms with Crippen LogP contribution in [0.25, 0.3) is 0 Å². The van der Waals surface area contributed by atoms with E-state index in [9.17, 15) is 8.78 Å². The number of hydrogen-bond donors (Lipinski definition) is 1. The van der Waals surface area contributed by atoms with E-state index >= 15 is 0 Å². The van der Waals surface area contributed by atoms with Gasteiger partial charge >= 0.3 is 0 Å². The summed E-state index contributed by atoms with van der Waals surface area (Å²) in [6, 6.07) is 0.151. The molecule has 1 aromatic rings. The van der Waals surface area contributed by atoms with E-state index in [0.29, 0.717) is 13.0 Å². The Bertz CT molecular complexity index is 322. The molecule has 6 heteroatoms. The normalized spacial score (nSPS) is 13.2. The van der Waals surface area contributed by atoms with Gasteiger partial charge in [0.1, 0.15) is 6.61 Å². The SMILES string of the molecule is CCNC(CCOCC(F)F)c1cscc1Br. The average Bonchev–Trinajstić information content (AvgIpc) is 2.69. The third kappa shape index (κ3) is 5.42. The van der Waals surface area contributed by atoms with Gasteiger partial charge in [-0.05, 0) is 39.8 Å². The van der Waals surface area contributed by atoms with Crippen LogP contribution >= 0.6 is 27.3 Å².